The summed E-state index contributed by atoms with van der Waals surface area (Å²) in [5, 5.41) is 0. The molecule has 0 aromatic heterocycles. The zero-order chi connectivity index (χ0) is 12.7. The molecule has 0 heterocycles. The number of amides is 1. The lowest BCUT2D eigenvalue weighted by Crippen LogP contribution is -2.47. The van der Waals surface area contributed by atoms with Crippen LogP contribution in [0.5, 0.6) is 0 Å². The van der Waals surface area contributed by atoms with E-state index < -0.39 is 0 Å². The normalized spacial score (nSPS) is 16.9. The highest BCUT2D eigenvalue weighted by Gasteiger charge is 2.24. The number of nitrogens with zero attached hydrogens (tertiary/aromatic N) is 1. The van der Waals surface area contributed by atoms with E-state index in [-0.39, 0.29) is 17.9 Å². The summed E-state index contributed by atoms with van der Waals surface area (Å²) >= 11 is 0. The van der Waals surface area contributed by atoms with Gasteiger partial charge in [0.15, 0.2) is 0 Å². The van der Waals surface area contributed by atoms with Gasteiger partial charge in [-0.2, -0.15) is 0 Å². The van der Waals surface area contributed by atoms with Gasteiger partial charge in [-0.15, -0.1) is 0 Å². The molecule has 0 aliphatic carbocycles. The Morgan fingerprint density at radius 1 is 1.31 bits per heavy atom. The minimum absolute atomic E-state index is 0.0750. The highest BCUT2D eigenvalue weighted by Crippen LogP contribution is 2.14. The van der Waals surface area contributed by atoms with E-state index in [0.29, 0.717) is 5.92 Å². The summed E-state index contributed by atoms with van der Waals surface area (Å²) in [5.41, 5.74) is 2.23. The maximum absolute atomic E-state index is 11.5. The van der Waals surface area contributed by atoms with Crippen molar-refractivity contribution >= 4 is 5.91 Å². The molecule has 3 atom stereocenters. The van der Waals surface area contributed by atoms with E-state index in [1.807, 2.05) is 6.92 Å². The first-order valence-electron chi connectivity index (χ1n) is 6.22. The molecule has 0 aromatic rings. The lowest BCUT2D eigenvalue weighted by Gasteiger charge is -2.33. The molecule has 4 nitrogen and oxygen atoms in total. The van der Waals surface area contributed by atoms with Crippen molar-refractivity contribution in [3.63, 3.8) is 0 Å². The van der Waals surface area contributed by atoms with Crippen molar-refractivity contribution in [2.45, 2.75) is 47.1 Å². The third-order valence-electron chi connectivity index (χ3n) is 3.50. The number of hydrogen-bond donors (Lipinski definition) is 2. The van der Waals surface area contributed by atoms with Crippen molar-refractivity contribution in [2.75, 3.05) is 13.1 Å². The summed E-state index contributed by atoms with van der Waals surface area (Å²) in [6.07, 6.45) is 1.17. The monoisotopic (exact) mass is 229 g/mol. The van der Waals surface area contributed by atoms with Gasteiger partial charge < -0.3 is 0 Å². The van der Waals surface area contributed by atoms with E-state index in [4.69, 9.17) is 5.84 Å². The van der Waals surface area contributed by atoms with Crippen LogP contribution in [0.1, 0.15) is 41.0 Å². The lowest BCUT2D eigenvalue weighted by atomic mass is 9.99. The second kappa shape index (κ2) is 7.63. The van der Waals surface area contributed by atoms with E-state index in [2.05, 4.69) is 38.0 Å². The topological polar surface area (TPSA) is 58.4 Å². The number of nitrogens with one attached hydrogen (secondary N) is 1. The first kappa shape index (κ1) is 15.4. The van der Waals surface area contributed by atoms with Crippen LogP contribution in [0, 0.1) is 11.8 Å². The quantitative estimate of drug-likeness (QED) is 0.394. The average molecular weight is 229 g/mol. The van der Waals surface area contributed by atoms with Crippen molar-refractivity contribution < 1.29 is 4.79 Å². The number of nitrogens with two attached hydrogens (primary N) is 1. The molecule has 3 N–H and O–H groups in total. The molecule has 0 fully saturated rings. The van der Waals surface area contributed by atoms with Gasteiger partial charge in [-0.1, -0.05) is 34.1 Å². The van der Waals surface area contributed by atoms with Crippen molar-refractivity contribution in [3.05, 3.63) is 0 Å². The standard InChI is InChI=1S/C12H27N3O/c1-6-9(3)8-15(7-2)11(5)10(4)12(16)14-13/h9-11H,6-8,13H2,1-5H3,(H,14,16). The number of hydrazine groups is 1. The van der Waals surface area contributed by atoms with E-state index in [1.54, 1.807) is 0 Å². The van der Waals surface area contributed by atoms with Crippen molar-refractivity contribution in [1.29, 1.82) is 0 Å². The van der Waals surface area contributed by atoms with Crippen molar-refractivity contribution in [3.8, 4) is 0 Å². The second-order valence-electron chi connectivity index (χ2n) is 4.64. The van der Waals surface area contributed by atoms with Crippen LogP contribution < -0.4 is 11.3 Å². The van der Waals surface area contributed by atoms with Crippen LogP contribution in [0.25, 0.3) is 0 Å². The van der Waals surface area contributed by atoms with Crippen LogP contribution >= 0.6 is 0 Å². The summed E-state index contributed by atoms with van der Waals surface area (Å²) in [6, 6.07) is 0.225. The molecule has 0 saturated heterocycles. The second-order valence-corrected chi connectivity index (χ2v) is 4.64. The van der Waals surface area contributed by atoms with Gasteiger partial charge in [0.1, 0.15) is 0 Å². The molecule has 0 bridgehead atoms. The lowest BCUT2D eigenvalue weighted by molar-refractivity contribution is -0.126. The maximum Gasteiger partial charge on any atom is 0.238 e. The van der Waals surface area contributed by atoms with Gasteiger partial charge >= 0.3 is 0 Å². The van der Waals surface area contributed by atoms with Crippen molar-refractivity contribution in [2.24, 2.45) is 17.7 Å². The molecular weight excluding hydrogens is 202 g/mol. The third-order valence-corrected chi connectivity index (χ3v) is 3.50. The van der Waals surface area contributed by atoms with Crippen LogP contribution in [0.3, 0.4) is 0 Å². The number of carbonyl (C=O) groups is 1. The van der Waals surface area contributed by atoms with E-state index in [0.717, 1.165) is 13.1 Å². The Hall–Kier alpha value is -0.610. The largest absolute Gasteiger partial charge is 0.300 e. The Balaban J connectivity index is 4.39. The minimum atomic E-state index is -0.0879. The van der Waals surface area contributed by atoms with Crippen LogP contribution in [0.15, 0.2) is 0 Å². The first-order chi connectivity index (χ1) is 7.47. The Labute approximate surface area is 99.5 Å². The van der Waals surface area contributed by atoms with Crippen LogP contribution in [-0.2, 0) is 4.79 Å². The molecule has 0 aliphatic rings. The Bertz CT molecular complexity index is 208. The number of hydrogen-bond acceptors (Lipinski definition) is 3. The van der Waals surface area contributed by atoms with Gasteiger partial charge in [-0.05, 0) is 19.4 Å². The van der Waals surface area contributed by atoms with Gasteiger partial charge in [0.25, 0.3) is 0 Å². The van der Waals surface area contributed by atoms with Gasteiger partial charge in [-0.3, -0.25) is 15.1 Å². The fraction of sp³-hybridized carbons (Fsp3) is 0.917. The van der Waals surface area contributed by atoms with Crippen LogP contribution in [-0.4, -0.2) is 29.9 Å². The molecule has 3 unspecified atom stereocenters. The predicted molar refractivity (Wildman–Crippen MR) is 67.7 cm³/mol. The molecule has 0 rings (SSSR count). The molecule has 0 spiro atoms. The zero-order valence-corrected chi connectivity index (χ0v) is 11.3. The van der Waals surface area contributed by atoms with E-state index in [9.17, 15) is 4.79 Å². The van der Waals surface area contributed by atoms with Gasteiger partial charge in [0.05, 0.1) is 5.92 Å². The zero-order valence-electron chi connectivity index (χ0n) is 11.3. The number of rotatable bonds is 7. The predicted octanol–water partition coefficient (Wildman–Crippen LogP) is 1.37. The SMILES string of the molecule is CCC(C)CN(CC)C(C)C(C)C(=O)NN. The molecule has 4 heteroatoms. The van der Waals surface area contributed by atoms with Gasteiger partial charge in [0, 0.05) is 12.6 Å². The number of carbonyl (C=O) groups excluding carboxylic acids is 1. The highest BCUT2D eigenvalue weighted by molar-refractivity contribution is 5.78. The first-order valence-corrected chi connectivity index (χ1v) is 6.22. The summed E-state index contributed by atoms with van der Waals surface area (Å²) in [5.74, 6) is 5.66. The molecular formula is C12H27N3O. The fourth-order valence-electron chi connectivity index (χ4n) is 1.78. The van der Waals surface area contributed by atoms with E-state index >= 15 is 0 Å². The summed E-state index contributed by atoms with van der Waals surface area (Å²) in [7, 11) is 0. The van der Waals surface area contributed by atoms with Crippen molar-refractivity contribution in [1.82, 2.24) is 10.3 Å². The smallest absolute Gasteiger partial charge is 0.238 e. The molecule has 16 heavy (non-hydrogen) atoms. The van der Waals surface area contributed by atoms with Gasteiger partial charge in [-0.25, -0.2) is 5.84 Å². The molecule has 0 saturated carbocycles. The third kappa shape index (κ3) is 4.49. The Kier molecular flexibility index (Phi) is 7.34. The van der Waals surface area contributed by atoms with Crippen LogP contribution in [0.4, 0.5) is 0 Å². The molecule has 0 aromatic carbocycles. The summed E-state index contributed by atoms with van der Waals surface area (Å²) in [6.45, 7) is 12.6. The molecule has 0 aliphatic heterocycles. The van der Waals surface area contributed by atoms with Crippen LogP contribution in [0.2, 0.25) is 0 Å². The minimum Gasteiger partial charge on any atom is -0.300 e. The fourth-order valence-corrected chi connectivity index (χ4v) is 1.78. The average Bonchev–Trinajstić information content (AvgIpc) is 2.32. The van der Waals surface area contributed by atoms with E-state index in [1.165, 1.54) is 6.42 Å². The molecule has 0 radical (unpaired) electrons. The Morgan fingerprint density at radius 3 is 2.25 bits per heavy atom. The maximum atomic E-state index is 11.5. The molecule has 1 amide bonds. The summed E-state index contributed by atoms with van der Waals surface area (Å²) < 4.78 is 0. The highest BCUT2D eigenvalue weighted by atomic mass is 16.2. The summed E-state index contributed by atoms with van der Waals surface area (Å²) in [4.78, 5) is 13.8. The molecule has 96 valence electrons. The Morgan fingerprint density at radius 2 is 1.88 bits per heavy atom. The van der Waals surface area contributed by atoms with Gasteiger partial charge in [0.2, 0.25) is 5.91 Å².